The zero-order valence-corrected chi connectivity index (χ0v) is 12.7. The van der Waals surface area contributed by atoms with Gasteiger partial charge in [-0.05, 0) is 0 Å². The van der Waals surface area contributed by atoms with Crippen LogP contribution in [0.2, 0.25) is 19.3 Å². The van der Waals surface area contributed by atoms with Crippen molar-refractivity contribution in [2.45, 2.75) is 46.4 Å². The number of ketones is 1. The number of hydrogen-bond donors (Lipinski definition) is 0. The van der Waals surface area contributed by atoms with E-state index >= 15 is 0 Å². The Kier molecular flexibility index (Phi) is 5.26. The van der Waals surface area contributed by atoms with E-state index in [-0.39, 0.29) is 5.78 Å². The van der Waals surface area contributed by atoms with Crippen LogP contribution in [-0.4, -0.2) is 24.2 Å². The van der Waals surface area contributed by atoms with Gasteiger partial charge in [0.25, 0.3) is 0 Å². The molecule has 0 rings (SSSR count). The third kappa shape index (κ3) is 7.29. The van der Waals surface area contributed by atoms with Crippen molar-refractivity contribution in [3.63, 3.8) is 0 Å². The summed E-state index contributed by atoms with van der Waals surface area (Å²) in [4.78, 5) is 18.2. The number of rotatable bonds is 4. The molecule has 0 aliphatic heterocycles. The van der Waals surface area contributed by atoms with Gasteiger partial charge in [0.1, 0.15) is 0 Å². The van der Waals surface area contributed by atoms with Crippen molar-refractivity contribution in [3.8, 4) is 0 Å². The average molecular weight is 289 g/mol. The van der Waals surface area contributed by atoms with Gasteiger partial charge in [-0.2, -0.15) is 0 Å². The van der Waals surface area contributed by atoms with E-state index < -0.39 is 18.4 Å². The van der Waals surface area contributed by atoms with Gasteiger partial charge in [-0.15, -0.1) is 0 Å². The molecule has 0 aliphatic rings. The fourth-order valence-corrected chi connectivity index (χ4v) is 6.87. The zero-order chi connectivity index (χ0) is 10.6. The molecular formula is C11H22OSn. The quantitative estimate of drug-likeness (QED) is 0.570. The molecule has 13 heavy (non-hydrogen) atoms. The van der Waals surface area contributed by atoms with Crippen molar-refractivity contribution >= 4 is 24.2 Å². The molecule has 0 heterocycles. The molecule has 0 saturated heterocycles. The predicted octanol–water partition coefficient (Wildman–Crippen LogP) is 3.64. The van der Waals surface area contributed by atoms with E-state index in [2.05, 4.69) is 28.7 Å². The van der Waals surface area contributed by atoms with E-state index in [1.807, 2.05) is 0 Å². The molecule has 0 aromatic carbocycles. The molecule has 0 N–H and O–H groups in total. The first kappa shape index (κ1) is 13.2. The summed E-state index contributed by atoms with van der Waals surface area (Å²) >= 11 is -1.68. The summed E-state index contributed by atoms with van der Waals surface area (Å²) in [6.07, 6.45) is 0.647. The monoisotopic (exact) mass is 290 g/mol. The molecule has 0 spiro atoms. The van der Waals surface area contributed by atoms with Gasteiger partial charge in [0.05, 0.1) is 0 Å². The standard InChI is InChI=1S/C8H13O.3CH3.Sn/c1-6(2)7(3)5-8(4)9;;;;/h1,5H2,2-4H3;3*1H3;/b7-6-;;;;. The summed E-state index contributed by atoms with van der Waals surface area (Å²) in [6.45, 7) is 5.94. The molecule has 0 aliphatic carbocycles. The van der Waals surface area contributed by atoms with Crippen LogP contribution in [0.3, 0.4) is 0 Å². The number of hydrogen-bond acceptors (Lipinski definition) is 1. The van der Waals surface area contributed by atoms with Crippen molar-refractivity contribution in [1.82, 2.24) is 0 Å². The molecule has 1 nitrogen and oxygen atoms in total. The maximum absolute atomic E-state index is 10.9. The molecule has 0 saturated carbocycles. The molecule has 0 fully saturated rings. The molecule has 0 atom stereocenters. The van der Waals surface area contributed by atoms with E-state index in [1.165, 1.54) is 15.6 Å². The Bertz CT molecular complexity index is 221. The summed E-state index contributed by atoms with van der Waals surface area (Å²) in [6, 6.07) is 0. The third-order valence-corrected chi connectivity index (χ3v) is 6.58. The van der Waals surface area contributed by atoms with Crippen LogP contribution in [0.15, 0.2) is 11.1 Å². The van der Waals surface area contributed by atoms with Gasteiger partial charge in [0, 0.05) is 0 Å². The van der Waals surface area contributed by atoms with E-state index in [4.69, 9.17) is 0 Å². The van der Waals surface area contributed by atoms with Crippen LogP contribution in [0.4, 0.5) is 0 Å². The summed E-state index contributed by atoms with van der Waals surface area (Å²) in [5, 5.41) is 0. The topological polar surface area (TPSA) is 17.1 Å². The van der Waals surface area contributed by atoms with Crippen molar-refractivity contribution in [2.75, 3.05) is 0 Å². The first-order valence-corrected chi connectivity index (χ1v) is 15.4. The minimum atomic E-state index is -1.68. The molecule has 0 unspecified atom stereocenters. The van der Waals surface area contributed by atoms with Crippen LogP contribution in [0, 0.1) is 0 Å². The van der Waals surface area contributed by atoms with Gasteiger partial charge >= 0.3 is 86.5 Å². The minimum absolute atomic E-state index is 0.279. The van der Waals surface area contributed by atoms with Gasteiger partial charge in [-0.1, -0.05) is 0 Å². The van der Waals surface area contributed by atoms with E-state index in [0.29, 0.717) is 6.42 Å². The summed E-state index contributed by atoms with van der Waals surface area (Å²) in [5.41, 5.74) is 2.75. The van der Waals surface area contributed by atoms with Gasteiger partial charge in [-0.25, -0.2) is 0 Å². The Balaban J connectivity index is 4.36. The fourth-order valence-electron chi connectivity index (χ4n) is 1.47. The average Bonchev–Trinajstić information content (AvgIpc) is 1.81. The predicted molar refractivity (Wildman–Crippen MR) is 61.8 cm³/mol. The van der Waals surface area contributed by atoms with E-state index in [1.54, 1.807) is 6.92 Å². The molecular weight excluding hydrogens is 267 g/mol. The van der Waals surface area contributed by atoms with Crippen LogP contribution < -0.4 is 0 Å². The Labute approximate surface area is 86.5 Å². The Morgan fingerprint density at radius 2 is 1.46 bits per heavy atom. The molecule has 0 aromatic heterocycles. The second kappa shape index (κ2) is 5.18. The van der Waals surface area contributed by atoms with Crippen LogP contribution in [0.1, 0.15) is 27.2 Å². The summed E-state index contributed by atoms with van der Waals surface area (Å²) in [5.74, 6) is 0.279. The first-order valence-electron chi connectivity index (χ1n) is 4.87. The second-order valence-electron chi connectivity index (χ2n) is 5.18. The number of allylic oxidation sites excluding steroid dienone is 2. The number of carbonyl (C=O) groups excluding carboxylic acids is 1. The first-order chi connectivity index (χ1) is 5.72. The van der Waals surface area contributed by atoms with Crippen LogP contribution in [-0.2, 0) is 4.79 Å². The Hall–Kier alpha value is 0.209. The van der Waals surface area contributed by atoms with Crippen LogP contribution >= 0.6 is 0 Å². The summed E-state index contributed by atoms with van der Waals surface area (Å²) < 4.78 is 1.29. The van der Waals surface area contributed by atoms with Gasteiger partial charge in [0.2, 0.25) is 0 Å². The molecule has 2 heteroatoms. The normalized spacial score (nSPS) is 14.0. The Morgan fingerprint density at radius 1 is 1.00 bits per heavy atom. The van der Waals surface area contributed by atoms with Crippen molar-refractivity contribution in [1.29, 1.82) is 0 Å². The SMILES string of the molecule is CC(=O)C/C(C)=C(\C)[CH2][Sn]([CH3])([CH3])[CH3]. The molecule has 0 aromatic rings. The number of carbonyl (C=O) groups is 1. The summed E-state index contributed by atoms with van der Waals surface area (Å²) in [7, 11) is 0. The zero-order valence-electron chi connectivity index (χ0n) is 9.82. The van der Waals surface area contributed by atoms with Gasteiger partial charge in [-0.3, -0.25) is 0 Å². The second-order valence-corrected chi connectivity index (χ2v) is 20.8. The van der Waals surface area contributed by atoms with Crippen molar-refractivity contribution < 1.29 is 4.79 Å². The molecule has 0 amide bonds. The van der Waals surface area contributed by atoms with Crippen LogP contribution in [0.25, 0.3) is 0 Å². The molecule has 0 radical (unpaired) electrons. The van der Waals surface area contributed by atoms with E-state index in [0.717, 1.165) is 0 Å². The molecule has 76 valence electrons. The number of Topliss-reactive ketones (excluding diaryl/α,β-unsaturated/α-hetero) is 1. The third-order valence-electron chi connectivity index (χ3n) is 2.04. The fraction of sp³-hybridized carbons (Fsp3) is 0.727. The van der Waals surface area contributed by atoms with Gasteiger partial charge < -0.3 is 0 Å². The van der Waals surface area contributed by atoms with E-state index in [9.17, 15) is 4.79 Å². The van der Waals surface area contributed by atoms with Crippen LogP contribution in [0.5, 0.6) is 0 Å². The van der Waals surface area contributed by atoms with Gasteiger partial charge in [0.15, 0.2) is 0 Å². The maximum atomic E-state index is 10.9. The van der Waals surface area contributed by atoms with Crippen molar-refractivity contribution in [2.24, 2.45) is 0 Å². The Morgan fingerprint density at radius 3 is 1.77 bits per heavy atom. The molecule has 0 bridgehead atoms. The van der Waals surface area contributed by atoms with Crippen molar-refractivity contribution in [3.05, 3.63) is 11.1 Å².